The van der Waals surface area contributed by atoms with Crippen molar-refractivity contribution in [1.82, 2.24) is 41.7 Å². The van der Waals surface area contributed by atoms with Crippen LogP contribution in [-0.4, -0.2) is 77.4 Å². The molecule has 0 aliphatic rings. The molecule has 50 heavy (non-hydrogen) atoms. The van der Waals surface area contributed by atoms with E-state index in [0.29, 0.717) is 11.0 Å². The van der Waals surface area contributed by atoms with Crippen molar-refractivity contribution >= 4 is 52.2 Å². The number of amides is 5. The smallest absolute Gasteiger partial charge is 0.251 e. The predicted octanol–water partition coefficient (Wildman–Crippen LogP) is 3.19. The number of hydrogen-bond donors (Lipinski definition) is 5. The first-order chi connectivity index (χ1) is 24.0. The number of aryl methyl sites for hydroxylation is 1. The first kappa shape index (κ1) is 40.7. The Labute approximate surface area is 296 Å². The summed E-state index contributed by atoms with van der Waals surface area (Å²) in [5.74, 6) is -2.39. The van der Waals surface area contributed by atoms with E-state index in [2.05, 4.69) is 56.0 Å². The van der Waals surface area contributed by atoms with Gasteiger partial charge in [-0.3, -0.25) is 24.0 Å². The zero-order chi connectivity index (χ0) is 37.1. The fourth-order valence-electron chi connectivity index (χ4n) is 4.02. The summed E-state index contributed by atoms with van der Waals surface area (Å²) in [6.45, 7) is 9.09. The van der Waals surface area contributed by atoms with Crippen LogP contribution in [-0.2, 0) is 19.2 Å². The minimum atomic E-state index is -0.891. The molecule has 0 aliphatic heterocycles. The maximum Gasteiger partial charge on any atom is 0.251 e. The van der Waals surface area contributed by atoms with E-state index in [1.54, 1.807) is 26.0 Å². The van der Waals surface area contributed by atoms with Crippen LogP contribution < -0.4 is 31.4 Å². The van der Waals surface area contributed by atoms with Gasteiger partial charge < -0.3 is 31.4 Å². The number of likely N-dealkylation sites (N-methyl/N-ethyl adjacent to an activating group) is 1. The zero-order valence-electron chi connectivity index (χ0n) is 29.1. The number of rotatable bonds is 13. The van der Waals surface area contributed by atoms with Crippen LogP contribution in [0.3, 0.4) is 0 Å². The third-order valence-corrected chi connectivity index (χ3v) is 6.99. The SMILES string of the molecule is CC.CNC(=O)CNC(=O)CNC(=O)CCNC(=O)C(NC(=O)c1ccc(On2nnc3ccccc32)c(Cl)c1)C(C)C.Cc1ccccc1. The van der Waals surface area contributed by atoms with Crippen molar-refractivity contribution in [2.45, 2.75) is 47.1 Å². The summed E-state index contributed by atoms with van der Waals surface area (Å²) in [7, 11) is 1.44. The zero-order valence-corrected chi connectivity index (χ0v) is 29.8. The Hall–Kier alpha value is -5.50. The van der Waals surface area contributed by atoms with Crippen molar-refractivity contribution in [3.05, 3.63) is 88.9 Å². The Balaban J connectivity index is 0.000000843. The molecule has 1 atom stereocenters. The molecule has 1 aromatic heterocycles. The molecule has 0 aliphatic carbocycles. The van der Waals surface area contributed by atoms with Gasteiger partial charge in [0.1, 0.15) is 17.1 Å². The molecule has 0 saturated heterocycles. The van der Waals surface area contributed by atoms with Gasteiger partial charge in [0.2, 0.25) is 23.6 Å². The maximum absolute atomic E-state index is 12.9. The van der Waals surface area contributed by atoms with Crippen molar-refractivity contribution in [2.24, 2.45) is 5.92 Å². The first-order valence-corrected chi connectivity index (χ1v) is 16.5. The summed E-state index contributed by atoms with van der Waals surface area (Å²) < 4.78 is 0. The number of aromatic nitrogens is 3. The molecule has 1 unspecified atom stereocenters. The number of carbonyl (C=O) groups excluding carboxylic acids is 5. The fourth-order valence-corrected chi connectivity index (χ4v) is 4.24. The molecule has 3 aromatic carbocycles. The number of benzene rings is 3. The van der Waals surface area contributed by atoms with Crippen molar-refractivity contribution in [3.8, 4) is 5.75 Å². The van der Waals surface area contributed by atoms with E-state index >= 15 is 0 Å². The van der Waals surface area contributed by atoms with Gasteiger partial charge in [-0.1, -0.05) is 92.2 Å². The number of hydrogen-bond acceptors (Lipinski definition) is 8. The van der Waals surface area contributed by atoms with Crippen LogP contribution in [0.5, 0.6) is 5.75 Å². The Morgan fingerprint density at radius 2 is 1.48 bits per heavy atom. The summed E-state index contributed by atoms with van der Waals surface area (Å²) >= 11 is 6.36. The fraction of sp³-hybridized carbons (Fsp3) is 0.343. The Morgan fingerprint density at radius 3 is 2.10 bits per heavy atom. The quantitative estimate of drug-likeness (QED) is 0.140. The minimum absolute atomic E-state index is 0.0154. The molecule has 0 bridgehead atoms. The van der Waals surface area contributed by atoms with Crippen LogP contribution in [0.15, 0.2) is 72.8 Å². The van der Waals surface area contributed by atoms with E-state index in [9.17, 15) is 24.0 Å². The number of para-hydroxylation sites is 1. The van der Waals surface area contributed by atoms with Gasteiger partial charge in [0.05, 0.1) is 18.1 Å². The molecule has 4 aromatic rings. The van der Waals surface area contributed by atoms with Crippen LogP contribution in [0.2, 0.25) is 5.02 Å². The third kappa shape index (κ3) is 13.5. The van der Waals surface area contributed by atoms with Crippen molar-refractivity contribution in [1.29, 1.82) is 0 Å². The predicted molar refractivity (Wildman–Crippen MR) is 191 cm³/mol. The van der Waals surface area contributed by atoms with Crippen LogP contribution in [0, 0.1) is 12.8 Å². The summed E-state index contributed by atoms with van der Waals surface area (Å²) in [4.78, 5) is 67.4. The van der Waals surface area contributed by atoms with Crippen molar-refractivity contribution in [3.63, 3.8) is 0 Å². The molecule has 0 saturated carbocycles. The molecular weight excluding hydrogens is 664 g/mol. The topological polar surface area (TPSA) is 185 Å². The van der Waals surface area contributed by atoms with Crippen LogP contribution in [0.4, 0.5) is 0 Å². The van der Waals surface area contributed by atoms with E-state index in [-0.39, 0.29) is 54.2 Å². The molecule has 0 radical (unpaired) electrons. The average molecular weight is 709 g/mol. The van der Waals surface area contributed by atoms with E-state index in [0.717, 1.165) is 0 Å². The standard InChI is InChI=1S/C26H31ClN8O6.C7H8.C2H6/c1-15(2)24(26(40)29-11-10-21(36)30-14-23(38)31-13-22(37)28-3)32-25(39)16-8-9-20(17(27)12-16)41-35-19-7-5-4-6-18(19)33-34-35;1-7-5-3-2-4-6-7;1-2/h4-9,12,15,24H,10-11,13-14H2,1-3H3,(H,28,37)(H,29,40)(H,30,36)(H,31,38)(H,32,39);2-6H,1H3;1-2H3. The van der Waals surface area contributed by atoms with E-state index in [1.807, 2.05) is 44.2 Å². The van der Waals surface area contributed by atoms with Gasteiger partial charge in [0.15, 0.2) is 5.75 Å². The van der Waals surface area contributed by atoms with E-state index in [1.165, 1.54) is 35.7 Å². The number of carbonyl (C=O) groups is 5. The molecule has 0 spiro atoms. The van der Waals surface area contributed by atoms with Gasteiger partial charge >= 0.3 is 0 Å². The number of nitrogens with zero attached hydrogens (tertiary/aromatic N) is 3. The molecule has 0 fully saturated rings. The van der Waals surface area contributed by atoms with Crippen molar-refractivity contribution in [2.75, 3.05) is 26.7 Å². The highest BCUT2D eigenvalue weighted by Gasteiger charge is 2.25. The molecule has 14 nitrogen and oxygen atoms in total. The second-order valence-corrected chi connectivity index (χ2v) is 11.2. The minimum Gasteiger partial charge on any atom is -0.358 e. The highest BCUT2D eigenvalue weighted by molar-refractivity contribution is 6.32. The molecular formula is C35H45ClN8O6. The maximum atomic E-state index is 12.9. The molecule has 268 valence electrons. The van der Waals surface area contributed by atoms with Crippen LogP contribution in [0.1, 0.15) is 50.0 Å². The van der Waals surface area contributed by atoms with Gasteiger partial charge in [0.25, 0.3) is 5.91 Å². The summed E-state index contributed by atoms with van der Waals surface area (Å²) in [5.41, 5.74) is 2.80. The lowest BCUT2D eigenvalue weighted by Crippen LogP contribution is -2.50. The second kappa shape index (κ2) is 21.5. The normalized spacial score (nSPS) is 10.7. The van der Waals surface area contributed by atoms with Gasteiger partial charge in [-0.15, -0.1) is 5.10 Å². The van der Waals surface area contributed by atoms with Gasteiger partial charge in [-0.25, -0.2) is 0 Å². The highest BCUT2D eigenvalue weighted by atomic mass is 35.5. The molecule has 1 heterocycles. The monoisotopic (exact) mass is 708 g/mol. The molecule has 5 N–H and O–H groups in total. The van der Waals surface area contributed by atoms with E-state index in [4.69, 9.17) is 16.4 Å². The molecule has 5 amide bonds. The Morgan fingerprint density at radius 1 is 0.840 bits per heavy atom. The van der Waals surface area contributed by atoms with Crippen molar-refractivity contribution < 1.29 is 28.8 Å². The van der Waals surface area contributed by atoms with Gasteiger partial charge in [-0.05, 0) is 48.4 Å². The summed E-state index contributed by atoms with van der Waals surface area (Å²) in [5, 5.41) is 20.5. The first-order valence-electron chi connectivity index (χ1n) is 16.1. The lowest BCUT2D eigenvalue weighted by molar-refractivity contribution is -0.127. The molecule has 4 rings (SSSR count). The number of halogens is 1. The van der Waals surface area contributed by atoms with E-state index < -0.39 is 29.7 Å². The van der Waals surface area contributed by atoms with Crippen LogP contribution in [0.25, 0.3) is 11.0 Å². The van der Waals surface area contributed by atoms with Gasteiger partial charge in [-0.2, -0.15) is 0 Å². The van der Waals surface area contributed by atoms with Crippen LogP contribution >= 0.6 is 11.6 Å². The van der Waals surface area contributed by atoms with Gasteiger partial charge in [0, 0.05) is 25.6 Å². The lowest BCUT2D eigenvalue weighted by atomic mass is 10.0. The number of fused-ring (bicyclic) bond motifs is 1. The summed E-state index contributed by atoms with van der Waals surface area (Å²) in [6.07, 6.45) is -0.0919. The largest absolute Gasteiger partial charge is 0.358 e. The Kier molecular flexibility index (Phi) is 17.5. The highest BCUT2D eigenvalue weighted by Crippen LogP contribution is 2.26. The second-order valence-electron chi connectivity index (χ2n) is 10.8. The average Bonchev–Trinajstić information content (AvgIpc) is 3.53. The number of nitrogens with one attached hydrogen (secondary N) is 5. The Bertz CT molecular complexity index is 1710. The molecule has 15 heteroatoms. The lowest BCUT2D eigenvalue weighted by Gasteiger charge is -2.22. The third-order valence-electron chi connectivity index (χ3n) is 6.70. The summed E-state index contributed by atoms with van der Waals surface area (Å²) in [6, 6.07) is 21.0.